The molecule has 0 amide bonds. The normalized spacial score (nSPS) is 10.0. The topological polar surface area (TPSA) is 29.5 Å². The molecule has 0 heterocycles. The third kappa shape index (κ3) is 3.03. The van der Waals surface area contributed by atoms with Crippen LogP contribution in [0.2, 0.25) is 0 Å². The lowest BCUT2D eigenvalue weighted by atomic mass is 10.2. The van der Waals surface area contributed by atoms with E-state index < -0.39 is 6.67 Å². The molecule has 0 aliphatic carbocycles. The standard InChI is InChI=1S/C10H13FO2/c11-8-9-4-1-2-5-10(9)13-7-3-6-12/h1-2,4-5,12H,3,6-8H2. The molecule has 0 unspecified atom stereocenters. The molecule has 0 aliphatic rings. The molecule has 0 saturated heterocycles. The molecule has 0 bridgehead atoms. The molecule has 0 aliphatic heterocycles. The van der Waals surface area contributed by atoms with Crippen molar-refractivity contribution in [1.82, 2.24) is 0 Å². The van der Waals surface area contributed by atoms with Gasteiger partial charge in [-0.25, -0.2) is 4.39 Å². The Hall–Kier alpha value is -1.09. The third-order valence-electron chi connectivity index (χ3n) is 1.68. The number of para-hydroxylation sites is 1. The summed E-state index contributed by atoms with van der Waals surface area (Å²) in [7, 11) is 0. The molecule has 1 N–H and O–H groups in total. The first-order valence-electron chi connectivity index (χ1n) is 4.26. The predicted octanol–water partition coefficient (Wildman–Crippen LogP) is 1.92. The van der Waals surface area contributed by atoms with Gasteiger partial charge in [-0.3, -0.25) is 0 Å². The summed E-state index contributed by atoms with van der Waals surface area (Å²) in [6.07, 6.45) is 0.570. The van der Waals surface area contributed by atoms with Crippen LogP contribution in [0, 0.1) is 0 Å². The summed E-state index contributed by atoms with van der Waals surface area (Å²) in [4.78, 5) is 0. The fraction of sp³-hybridized carbons (Fsp3) is 0.400. The number of alkyl halides is 1. The average Bonchev–Trinajstić information content (AvgIpc) is 2.19. The van der Waals surface area contributed by atoms with Gasteiger partial charge in [-0.2, -0.15) is 0 Å². The molecule has 13 heavy (non-hydrogen) atoms. The lowest BCUT2D eigenvalue weighted by molar-refractivity contribution is 0.231. The summed E-state index contributed by atoms with van der Waals surface area (Å²) in [6.45, 7) is 0.000599. The predicted molar refractivity (Wildman–Crippen MR) is 48.5 cm³/mol. The number of benzene rings is 1. The summed E-state index contributed by atoms with van der Waals surface area (Å²) in [6, 6.07) is 6.99. The van der Waals surface area contributed by atoms with Gasteiger partial charge in [0.2, 0.25) is 0 Å². The van der Waals surface area contributed by atoms with Gasteiger partial charge in [-0.15, -0.1) is 0 Å². The summed E-state index contributed by atoms with van der Waals surface area (Å²) >= 11 is 0. The second-order valence-corrected chi connectivity index (χ2v) is 2.67. The maximum atomic E-state index is 12.4. The van der Waals surface area contributed by atoms with E-state index in [1.165, 1.54) is 0 Å². The molecule has 1 aromatic carbocycles. The highest BCUT2D eigenvalue weighted by atomic mass is 19.1. The third-order valence-corrected chi connectivity index (χ3v) is 1.68. The zero-order valence-corrected chi connectivity index (χ0v) is 7.37. The van der Waals surface area contributed by atoms with Gasteiger partial charge >= 0.3 is 0 Å². The molecule has 72 valence electrons. The van der Waals surface area contributed by atoms with Crippen LogP contribution in [0.4, 0.5) is 4.39 Å². The summed E-state index contributed by atoms with van der Waals surface area (Å²) < 4.78 is 17.6. The van der Waals surface area contributed by atoms with Crippen LogP contribution in [-0.2, 0) is 6.67 Å². The van der Waals surface area contributed by atoms with Crippen molar-refractivity contribution in [3.05, 3.63) is 29.8 Å². The molecule has 3 heteroatoms. The van der Waals surface area contributed by atoms with E-state index in [4.69, 9.17) is 9.84 Å². The molecule has 2 nitrogen and oxygen atoms in total. The van der Waals surface area contributed by atoms with Crippen LogP contribution in [0.15, 0.2) is 24.3 Å². The SMILES string of the molecule is OCCCOc1ccccc1CF. The molecule has 0 fully saturated rings. The van der Waals surface area contributed by atoms with Crippen LogP contribution in [0.3, 0.4) is 0 Å². The molecule has 0 spiro atoms. The van der Waals surface area contributed by atoms with Crippen molar-refractivity contribution in [2.75, 3.05) is 13.2 Å². The second-order valence-electron chi connectivity index (χ2n) is 2.67. The number of rotatable bonds is 5. The molecule has 0 radical (unpaired) electrons. The fourth-order valence-corrected chi connectivity index (χ4v) is 1.00. The van der Waals surface area contributed by atoms with Crippen LogP contribution in [0.25, 0.3) is 0 Å². The number of aliphatic hydroxyl groups is 1. The van der Waals surface area contributed by atoms with Gasteiger partial charge in [0.1, 0.15) is 12.4 Å². The minimum absolute atomic E-state index is 0.0950. The van der Waals surface area contributed by atoms with Crippen LogP contribution in [0.1, 0.15) is 12.0 Å². The smallest absolute Gasteiger partial charge is 0.125 e. The van der Waals surface area contributed by atoms with Crippen molar-refractivity contribution >= 4 is 0 Å². The number of halogens is 1. The van der Waals surface area contributed by atoms with Crippen LogP contribution >= 0.6 is 0 Å². The van der Waals surface area contributed by atoms with E-state index in [2.05, 4.69) is 0 Å². The number of hydrogen-bond acceptors (Lipinski definition) is 2. The maximum absolute atomic E-state index is 12.4. The van der Waals surface area contributed by atoms with Crippen LogP contribution in [0.5, 0.6) is 5.75 Å². The highest BCUT2D eigenvalue weighted by Gasteiger charge is 2.00. The van der Waals surface area contributed by atoms with Gasteiger partial charge in [-0.1, -0.05) is 18.2 Å². The molecule has 1 aromatic rings. The Morgan fingerprint density at radius 1 is 1.31 bits per heavy atom. The zero-order chi connectivity index (χ0) is 9.52. The van der Waals surface area contributed by atoms with Crippen molar-refractivity contribution in [3.63, 3.8) is 0 Å². The lowest BCUT2D eigenvalue weighted by Gasteiger charge is -2.07. The van der Waals surface area contributed by atoms with Gasteiger partial charge in [0.15, 0.2) is 0 Å². The van der Waals surface area contributed by atoms with Crippen molar-refractivity contribution in [2.45, 2.75) is 13.1 Å². The van der Waals surface area contributed by atoms with E-state index >= 15 is 0 Å². The summed E-state index contributed by atoms with van der Waals surface area (Å²) in [5.74, 6) is 0.568. The van der Waals surface area contributed by atoms with E-state index in [1.54, 1.807) is 24.3 Å². The monoisotopic (exact) mass is 184 g/mol. The number of ether oxygens (including phenoxy) is 1. The van der Waals surface area contributed by atoms with Crippen molar-refractivity contribution < 1.29 is 14.2 Å². The fourth-order valence-electron chi connectivity index (χ4n) is 1.00. The average molecular weight is 184 g/mol. The summed E-state index contributed by atoms with van der Waals surface area (Å²) in [5.41, 5.74) is 0.556. The van der Waals surface area contributed by atoms with Gasteiger partial charge in [-0.05, 0) is 6.07 Å². The van der Waals surface area contributed by atoms with E-state index in [0.717, 1.165) is 0 Å². The first kappa shape index (κ1) is 9.99. The molecule has 0 atom stereocenters. The van der Waals surface area contributed by atoms with E-state index in [9.17, 15) is 4.39 Å². The Kier molecular flexibility index (Phi) is 4.26. The van der Waals surface area contributed by atoms with Crippen LogP contribution < -0.4 is 4.74 Å². The van der Waals surface area contributed by atoms with Gasteiger partial charge in [0.05, 0.1) is 6.61 Å². The number of aliphatic hydroxyl groups excluding tert-OH is 1. The van der Waals surface area contributed by atoms with Gasteiger partial charge < -0.3 is 9.84 Å². The summed E-state index contributed by atoms with van der Waals surface area (Å²) in [5, 5.41) is 8.52. The maximum Gasteiger partial charge on any atom is 0.125 e. The quantitative estimate of drug-likeness (QED) is 0.708. The Morgan fingerprint density at radius 2 is 2.08 bits per heavy atom. The Balaban J connectivity index is 2.54. The molecular weight excluding hydrogens is 171 g/mol. The first-order chi connectivity index (χ1) is 6.38. The molecule has 0 aromatic heterocycles. The van der Waals surface area contributed by atoms with Gasteiger partial charge in [0, 0.05) is 18.6 Å². The molecule has 0 saturated carbocycles. The highest BCUT2D eigenvalue weighted by molar-refractivity contribution is 5.32. The highest BCUT2D eigenvalue weighted by Crippen LogP contribution is 2.18. The second kappa shape index (κ2) is 5.54. The Bertz CT molecular complexity index is 250. The van der Waals surface area contributed by atoms with Crippen molar-refractivity contribution in [1.29, 1.82) is 0 Å². The minimum Gasteiger partial charge on any atom is -0.493 e. The zero-order valence-electron chi connectivity index (χ0n) is 7.37. The van der Waals surface area contributed by atoms with Crippen molar-refractivity contribution in [3.8, 4) is 5.75 Å². The molecular formula is C10H13FO2. The van der Waals surface area contributed by atoms with E-state index in [0.29, 0.717) is 24.3 Å². The minimum atomic E-state index is -0.519. The molecule has 1 rings (SSSR count). The number of hydrogen-bond donors (Lipinski definition) is 1. The Morgan fingerprint density at radius 3 is 2.77 bits per heavy atom. The van der Waals surface area contributed by atoms with E-state index in [-0.39, 0.29) is 6.61 Å². The van der Waals surface area contributed by atoms with Gasteiger partial charge in [0.25, 0.3) is 0 Å². The van der Waals surface area contributed by atoms with E-state index in [1.807, 2.05) is 0 Å². The first-order valence-corrected chi connectivity index (χ1v) is 4.26. The lowest BCUT2D eigenvalue weighted by Crippen LogP contribution is -2.01. The van der Waals surface area contributed by atoms with Crippen LogP contribution in [-0.4, -0.2) is 18.3 Å². The Labute approximate surface area is 77.0 Å². The largest absolute Gasteiger partial charge is 0.493 e. The van der Waals surface area contributed by atoms with Crippen molar-refractivity contribution in [2.24, 2.45) is 0 Å².